The lowest BCUT2D eigenvalue weighted by molar-refractivity contribution is -0.128. The predicted octanol–water partition coefficient (Wildman–Crippen LogP) is 3.44. The number of fused-ring (bicyclic) bond motifs is 1. The molecular formula is C18H32O3. The first-order valence-electron chi connectivity index (χ1n) is 8.58. The van der Waals surface area contributed by atoms with E-state index >= 15 is 0 Å². The second-order valence-corrected chi connectivity index (χ2v) is 8.00. The molecule has 0 aromatic carbocycles. The molecule has 0 spiro atoms. The minimum atomic E-state index is -0.702. The van der Waals surface area contributed by atoms with Crippen molar-refractivity contribution in [1.29, 1.82) is 0 Å². The lowest BCUT2D eigenvalue weighted by Crippen LogP contribution is -2.38. The summed E-state index contributed by atoms with van der Waals surface area (Å²) in [6.45, 7) is 10.7. The van der Waals surface area contributed by atoms with Crippen molar-refractivity contribution < 1.29 is 14.6 Å². The summed E-state index contributed by atoms with van der Waals surface area (Å²) in [6.07, 6.45) is 4.17. The third kappa shape index (κ3) is 3.68. The van der Waals surface area contributed by atoms with Crippen molar-refractivity contribution in [1.82, 2.24) is 0 Å². The molecule has 2 fully saturated rings. The number of carbonyl (C=O) groups excluding carboxylic acids is 1. The quantitative estimate of drug-likeness (QED) is 0.845. The lowest BCUT2D eigenvalue weighted by Gasteiger charge is -2.37. The molecule has 2 aliphatic rings. The van der Waals surface area contributed by atoms with E-state index in [-0.39, 0.29) is 17.9 Å². The molecule has 2 saturated carbocycles. The van der Waals surface area contributed by atoms with Gasteiger partial charge in [-0.25, -0.2) is 0 Å². The van der Waals surface area contributed by atoms with Gasteiger partial charge in [-0.1, -0.05) is 13.8 Å². The smallest absolute Gasteiger partial charge is 0.136 e. The van der Waals surface area contributed by atoms with Gasteiger partial charge in [0.1, 0.15) is 5.78 Å². The molecule has 4 unspecified atom stereocenters. The van der Waals surface area contributed by atoms with Crippen LogP contribution in [-0.4, -0.2) is 29.2 Å². The van der Waals surface area contributed by atoms with E-state index in [4.69, 9.17) is 4.74 Å². The second kappa shape index (κ2) is 6.37. The van der Waals surface area contributed by atoms with Crippen LogP contribution in [-0.2, 0) is 9.53 Å². The van der Waals surface area contributed by atoms with Gasteiger partial charge in [-0.2, -0.15) is 0 Å². The minimum Gasteiger partial charge on any atom is -0.390 e. The van der Waals surface area contributed by atoms with Gasteiger partial charge in [-0.05, 0) is 57.8 Å². The van der Waals surface area contributed by atoms with E-state index in [1.807, 2.05) is 20.8 Å². The summed E-state index contributed by atoms with van der Waals surface area (Å²) in [4.78, 5) is 12.1. The van der Waals surface area contributed by atoms with E-state index in [9.17, 15) is 9.90 Å². The van der Waals surface area contributed by atoms with Crippen molar-refractivity contribution in [2.75, 3.05) is 6.61 Å². The van der Waals surface area contributed by atoms with Crippen molar-refractivity contribution in [3.05, 3.63) is 0 Å². The number of hydrogen-bond donors (Lipinski definition) is 1. The van der Waals surface area contributed by atoms with Crippen LogP contribution in [0.5, 0.6) is 0 Å². The van der Waals surface area contributed by atoms with Gasteiger partial charge in [0, 0.05) is 18.3 Å². The number of rotatable bonds is 5. The molecule has 2 aliphatic carbocycles. The molecule has 0 saturated heterocycles. The Kier molecular flexibility index (Phi) is 5.15. The Hall–Kier alpha value is -0.410. The first-order chi connectivity index (χ1) is 9.71. The summed E-state index contributed by atoms with van der Waals surface area (Å²) in [7, 11) is 0. The zero-order valence-electron chi connectivity index (χ0n) is 14.3. The molecule has 0 aromatic rings. The molecule has 21 heavy (non-hydrogen) atoms. The predicted molar refractivity (Wildman–Crippen MR) is 84.0 cm³/mol. The zero-order chi connectivity index (χ0) is 15.8. The molecule has 3 heteroatoms. The average Bonchev–Trinajstić information content (AvgIpc) is 2.84. The maximum Gasteiger partial charge on any atom is 0.136 e. The fourth-order valence-electron chi connectivity index (χ4n) is 4.17. The van der Waals surface area contributed by atoms with E-state index in [2.05, 4.69) is 13.8 Å². The van der Waals surface area contributed by atoms with Crippen LogP contribution in [0, 0.1) is 29.6 Å². The molecule has 0 radical (unpaired) electrons. The highest BCUT2D eigenvalue weighted by atomic mass is 16.5. The van der Waals surface area contributed by atoms with Gasteiger partial charge in [0.05, 0.1) is 18.3 Å². The maximum absolute atomic E-state index is 12.1. The van der Waals surface area contributed by atoms with Crippen LogP contribution in [0.3, 0.4) is 0 Å². The van der Waals surface area contributed by atoms with E-state index in [1.165, 1.54) is 0 Å². The van der Waals surface area contributed by atoms with Crippen molar-refractivity contribution in [2.24, 2.45) is 29.6 Å². The fraction of sp³-hybridized carbons (Fsp3) is 0.944. The van der Waals surface area contributed by atoms with Gasteiger partial charge in [0.15, 0.2) is 0 Å². The van der Waals surface area contributed by atoms with Gasteiger partial charge >= 0.3 is 0 Å². The molecule has 1 N–H and O–H groups in total. The van der Waals surface area contributed by atoms with Crippen LogP contribution in [0.2, 0.25) is 0 Å². The third-order valence-electron chi connectivity index (χ3n) is 6.10. The fourth-order valence-corrected chi connectivity index (χ4v) is 4.17. The van der Waals surface area contributed by atoms with Crippen LogP contribution in [0.15, 0.2) is 0 Å². The first kappa shape index (κ1) is 17.0. The Labute approximate surface area is 129 Å². The monoisotopic (exact) mass is 296 g/mol. The van der Waals surface area contributed by atoms with Gasteiger partial charge in [-0.15, -0.1) is 0 Å². The summed E-state index contributed by atoms with van der Waals surface area (Å²) < 4.78 is 6.08. The van der Waals surface area contributed by atoms with Crippen molar-refractivity contribution in [3.63, 3.8) is 0 Å². The van der Waals surface area contributed by atoms with E-state index in [1.54, 1.807) is 0 Å². The normalized spacial score (nSPS) is 36.4. The largest absolute Gasteiger partial charge is 0.390 e. The second-order valence-electron chi connectivity index (χ2n) is 8.00. The van der Waals surface area contributed by atoms with Crippen LogP contribution in [0.25, 0.3) is 0 Å². The molecule has 2 rings (SSSR count). The van der Waals surface area contributed by atoms with Gasteiger partial charge in [0.25, 0.3) is 0 Å². The van der Waals surface area contributed by atoms with E-state index in [0.29, 0.717) is 30.1 Å². The highest BCUT2D eigenvalue weighted by Crippen LogP contribution is 2.48. The Morgan fingerprint density at radius 3 is 2.57 bits per heavy atom. The van der Waals surface area contributed by atoms with Crippen LogP contribution in [0.1, 0.15) is 60.3 Å². The lowest BCUT2D eigenvalue weighted by atomic mass is 9.70. The number of hydrogen-bond acceptors (Lipinski definition) is 3. The molecule has 0 aliphatic heterocycles. The molecule has 0 aromatic heterocycles. The Balaban J connectivity index is 1.94. The van der Waals surface area contributed by atoms with Crippen molar-refractivity contribution in [2.45, 2.75) is 72.0 Å². The summed E-state index contributed by atoms with van der Waals surface area (Å²) in [5.74, 6) is 2.54. The summed E-state index contributed by atoms with van der Waals surface area (Å²) in [6, 6.07) is 0. The SMILES string of the molecule is CC(OC[C@H](C)C(C)(C)O)C1CCC2C(=O)CC[C@H](C)C21. The van der Waals surface area contributed by atoms with Crippen LogP contribution < -0.4 is 0 Å². The summed E-state index contributed by atoms with van der Waals surface area (Å²) in [5, 5.41) is 10.0. The maximum atomic E-state index is 12.1. The molecule has 6 atom stereocenters. The Bertz CT molecular complexity index is 371. The number of aliphatic hydroxyl groups is 1. The van der Waals surface area contributed by atoms with Gasteiger partial charge in [0.2, 0.25) is 0 Å². The van der Waals surface area contributed by atoms with Gasteiger partial charge in [-0.3, -0.25) is 4.79 Å². The number of ketones is 1. The molecule has 0 heterocycles. The van der Waals surface area contributed by atoms with Crippen molar-refractivity contribution in [3.8, 4) is 0 Å². The van der Waals surface area contributed by atoms with E-state index < -0.39 is 5.60 Å². The molecule has 3 nitrogen and oxygen atoms in total. The molecule has 0 bridgehead atoms. The van der Waals surface area contributed by atoms with Crippen LogP contribution >= 0.6 is 0 Å². The number of Topliss-reactive ketones (excluding diaryl/α,β-unsaturated/α-hetero) is 1. The minimum absolute atomic E-state index is 0.113. The van der Waals surface area contributed by atoms with Crippen LogP contribution in [0.4, 0.5) is 0 Å². The standard InChI is InChI=1S/C18H32O3/c1-11-6-9-16(19)15-8-7-14(17(11)15)13(3)21-10-12(2)18(4,5)20/h11-15,17,20H,6-10H2,1-5H3/t11-,12-,13?,14?,15?,17?/m0/s1. The first-order valence-corrected chi connectivity index (χ1v) is 8.58. The van der Waals surface area contributed by atoms with Gasteiger partial charge < -0.3 is 9.84 Å². The number of carbonyl (C=O) groups is 1. The highest BCUT2D eigenvalue weighted by Gasteiger charge is 2.47. The highest BCUT2D eigenvalue weighted by molar-refractivity contribution is 5.82. The zero-order valence-corrected chi connectivity index (χ0v) is 14.3. The Morgan fingerprint density at radius 2 is 1.95 bits per heavy atom. The third-order valence-corrected chi connectivity index (χ3v) is 6.10. The molecular weight excluding hydrogens is 264 g/mol. The van der Waals surface area contributed by atoms with E-state index in [0.717, 1.165) is 25.7 Å². The number of ether oxygens (including phenoxy) is 1. The molecule has 0 amide bonds. The Morgan fingerprint density at radius 1 is 1.29 bits per heavy atom. The summed E-state index contributed by atoms with van der Waals surface area (Å²) in [5.41, 5.74) is -0.702. The topological polar surface area (TPSA) is 46.5 Å². The summed E-state index contributed by atoms with van der Waals surface area (Å²) >= 11 is 0. The van der Waals surface area contributed by atoms with Crippen molar-refractivity contribution >= 4 is 5.78 Å². The molecule has 122 valence electrons. The average molecular weight is 296 g/mol.